The summed E-state index contributed by atoms with van der Waals surface area (Å²) in [7, 11) is 3.01. The number of amides is 1. The standard InChI is InChI=1S/C25H43NO9/c1-13-10-25(32-7,35-15(3)14(13)2)20(29)22(30)26-23-18-9-16(8-17(28)11-27)24(4,5)21(31-6)19(18)33-12-34-23/h14-21,23,27-29H,1,8-12H2,2-7H3,(H,26,30)/t14-,15-,16+,17+,18+,19?,20-,21-,23+,25-/m1/s1. The highest BCUT2D eigenvalue weighted by molar-refractivity contribution is 5.82. The van der Waals surface area contributed by atoms with Crippen LogP contribution in [0.15, 0.2) is 12.2 Å². The maximum Gasteiger partial charge on any atom is 0.256 e. The second kappa shape index (κ2) is 11.1. The largest absolute Gasteiger partial charge is 0.394 e. The summed E-state index contributed by atoms with van der Waals surface area (Å²) >= 11 is 0. The molecule has 10 nitrogen and oxygen atoms in total. The van der Waals surface area contributed by atoms with E-state index in [9.17, 15) is 20.1 Å². The number of hydrogen-bond donors (Lipinski definition) is 4. The molecule has 0 aromatic rings. The number of carbonyl (C=O) groups excluding carboxylic acids is 1. The third kappa shape index (κ3) is 5.45. The lowest BCUT2D eigenvalue weighted by Gasteiger charge is -2.54. The van der Waals surface area contributed by atoms with Gasteiger partial charge in [-0.25, -0.2) is 0 Å². The number of methoxy groups -OCH3 is 2. The SMILES string of the molecule is C=C1C[C@](OC)([C@H](O)C(=O)N[C@H]2OCOC3[C@@H](OC)C(C)(C)[C@@H](C[C@H](O)CO)C[C@@H]32)O[C@H](C)[C@@H]1C. The van der Waals surface area contributed by atoms with Crippen molar-refractivity contribution in [2.24, 2.45) is 23.2 Å². The van der Waals surface area contributed by atoms with E-state index >= 15 is 0 Å². The Balaban J connectivity index is 1.79. The molecule has 35 heavy (non-hydrogen) atoms. The molecule has 2 heterocycles. The van der Waals surface area contributed by atoms with Gasteiger partial charge in [-0.15, -0.1) is 0 Å². The molecule has 1 unspecified atom stereocenters. The fraction of sp³-hybridized carbons (Fsp3) is 0.880. The third-order valence-electron chi connectivity index (χ3n) is 8.48. The smallest absolute Gasteiger partial charge is 0.256 e. The van der Waals surface area contributed by atoms with Gasteiger partial charge in [0.2, 0.25) is 5.79 Å². The van der Waals surface area contributed by atoms with Gasteiger partial charge in [0.25, 0.3) is 5.91 Å². The highest BCUT2D eigenvalue weighted by atomic mass is 16.7. The minimum atomic E-state index is -1.62. The van der Waals surface area contributed by atoms with Gasteiger partial charge in [-0.05, 0) is 31.1 Å². The summed E-state index contributed by atoms with van der Waals surface area (Å²) < 4.78 is 29.1. The number of rotatable bonds is 8. The van der Waals surface area contributed by atoms with Crippen LogP contribution in [-0.2, 0) is 28.5 Å². The number of hydrogen-bond acceptors (Lipinski definition) is 9. The van der Waals surface area contributed by atoms with E-state index in [2.05, 4.69) is 25.7 Å². The first-order valence-corrected chi connectivity index (χ1v) is 12.4. The van der Waals surface area contributed by atoms with Crippen molar-refractivity contribution >= 4 is 5.91 Å². The van der Waals surface area contributed by atoms with Crippen LogP contribution in [0.2, 0.25) is 0 Å². The molecule has 4 N–H and O–H groups in total. The lowest BCUT2D eigenvalue weighted by atomic mass is 9.60. The van der Waals surface area contributed by atoms with Gasteiger partial charge >= 0.3 is 0 Å². The molecule has 0 spiro atoms. The Morgan fingerprint density at radius 1 is 1.26 bits per heavy atom. The Labute approximate surface area is 207 Å². The fourth-order valence-corrected chi connectivity index (χ4v) is 5.94. The molecule has 1 aliphatic carbocycles. The van der Waals surface area contributed by atoms with Crippen LogP contribution in [0.5, 0.6) is 0 Å². The zero-order valence-corrected chi connectivity index (χ0v) is 21.7. The van der Waals surface area contributed by atoms with Crippen molar-refractivity contribution < 1.29 is 43.8 Å². The summed E-state index contributed by atoms with van der Waals surface area (Å²) in [6.45, 7) is 11.6. The summed E-state index contributed by atoms with van der Waals surface area (Å²) in [5.74, 6) is -2.50. The molecule has 0 aromatic heterocycles. The molecular weight excluding hydrogens is 458 g/mol. The van der Waals surface area contributed by atoms with Crippen molar-refractivity contribution in [2.45, 2.75) is 89.5 Å². The van der Waals surface area contributed by atoms with Gasteiger partial charge in [-0.1, -0.05) is 32.9 Å². The maximum absolute atomic E-state index is 13.3. The third-order valence-corrected chi connectivity index (χ3v) is 8.48. The molecule has 3 rings (SSSR count). The molecule has 10 heteroatoms. The van der Waals surface area contributed by atoms with Gasteiger partial charge in [0, 0.05) is 32.5 Å². The molecule has 1 amide bonds. The van der Waals surface area contributed by atoms with E-state index in [1.165, 1.54) is 7.11 Å². The zero-order chi connectivity index (χ0) is 26.1. The van der Waals surface area contributed by atoms with Gasteiger partial charge in [0.15, 0.2) is 6.10 Å². The van der Waals surface area contributed by atoms with Crippen molar-refractivity contribution in [3.63, 3.8) is 0 Å². The normalized spacial score (nSPS) is 41.1. The van der Waals surface area contributed by atoms with E-state index in [1.807, 2.05) is 13.8 Å². The highest BCUT2D eigenvalue weighted by Crippen LogP contribution is 2.50. The molecule has 1 saturated carbocycles. The average molecular weight is 502 g/mol. The van der Waals surface area contributed by atoms with E-state index < -0.39 is 30.1 Å². The second-order valence-electron chi connectivity index (χ2n) is 10.9. The summed E-state index contributed by atoms with van der Waals surface area (Å²) in [4.78, 5) is 13.3. The predicted octanol–water partition coefficient (Wildman–Crippen LogP) is 0.927. The molecule has 0 bridgehead atoms. The predicted molar refractivity (Wildman–Crippen MR) is 126 cm³/mol. The molecule has 3 aliphatic rings. The maximum atomic E-state index is 13.3. The monoisotopic (exact) mass is 501 g/mol. The Kier molecular flexibility index (Phi) is 9.03. The summed E-state index contributed by atoms with van der Waals surface area (Å²) in [5.41, 5.74) is 0.475. The molecule has 202 valence electrons. The first kappa shape index (κ1) is 28.5. The summed E-state index contributed by atoms with van der Waals surface area (Å²) in [5, 5.41) is 33.4. The molecule has 10 atom stereocenters. The van der Waals surface area contributed by atoms with Crippen molar-refractivity contribution in [3.05, 3.63) is 12.2 Å². The van der Waals surface area contributed by atoms with Crippen LogP contribution in [0.1, 0.15) is 47.0 Å². The van der Waals surface area contributed by atoms with Gasteiger partial charge < -0.3 is 44.3 Å². The minimum Gasteiger partial charge on any atom is -0.394 e. The van der Waals surface area contributed by atoms with E-state index in [-0.39, 0.29) is 61.3 Å². The minimum absolute atomic E-state index is 0.0388. The molecule has 0 aromatic carbocycles. The number of fused-ring (bicyclic) bond motifs is 1. The topological polar surface area (TPSA) is 136 Å². The lowest BCUT2D eigenvalue weighted by molar-refractivity contribution is -0.300. The van der Waals surface area contributed by atoms with Gasteiger partial charge in [-0.2, -0.15) is 0 Å². The number of nitrogens with one attached hydrogen (secondary N) is 1. The number of carbonyl (C=O) groups is 1. The van der Waals surface area contributed by atoms with Crippen LogP contribution >= 0.6 is 0 Å². The van der Waals surface area contributed by atoms with Crippen molar-refractivity contribution in [1.82, 2.24) is 5.32 Å². The Morgan fingerprint density at radius 2 is 1.94 bits per heavy atom. The van der Waals surface area contributed by atoms with Crippen LogP contribution in [-0.4, -0.2) is 91.4 Å². The second-order valence-corrected chi connectivity index (χ2v) is 10.9. The van der Waals surface area contributed by atoms with E-state index in [1.54, 1.807) is 7.11 Å². The van der Waals surface area contributed by atoms with E-state index in [0.29, 0.717) is 12.8 Å². The first-order valence-electron chi connectivity index (χ1n) is 12.4. The molecule has 3 fully saturated rings. The average Bonchev–Trinajstić information content (AvgIpc) is 2.82. The van der Waals surface area contributed by atoms with Crippen LogP contribution in [0.4, 0.5) is 0 Å². The van der Waals surface area contributed by atoms with Gasteiger partial charge in [0.05, 0.1) is 31.0 Å². The van der Waals surface area contributed by atoms with Crippen molar-refractivity contribution in [3.8, 4) is 0 Å². The number of aliphatic hydroxyl groups excluding tert-OH is 3. The number of ether oxygens (including phenoxy) is 5. The van der Waals surface area contributed by atoms with Gasteiger partial charge in [-0.3, -0.25) is 4.79 Å². The first-order chi connectivity index (χ1) is 16.4. The number of aliphatic hydroxyl groups is 3. The van der Waals surface area contributed by atoms with E-state index in [4.69, 9.17) is 23.7 Å². The molecule has 0 radical (unpaired) electrons. The van der Waals surface area contributed by atoms with Crippen LogP contribution in [0, 0.1) is 23.2 Å². The lowest BCUT2D eigenvalue weighted by Crippen LogP contribution is -2.65. The molecular formula is C25H43NO9. The Morgan fingerprint density at radius 3 is 2.51 bits per heavy atom. The zero-order valence-electron chi connectivity index (χ0n) is 21.7. The van der Waals surface area contributed by atoms with Crippen LogP contribution in [0.3, 0.4) is 0 Å². The Bertz CT molecular complexity index is 761. The molecule has 2 saturated heterocycles. The Hall–Kier alpha value is -1.11. The summed E-state index contributed by atoms with van der Waals surface area (Å²) in [6, 6.07) is 0. The fourth-order valence-electron chi connectivity index (χ4n) is 5.94. The van der Waals surface area contributed by atoms with Crippen LogP contribution < -0.4 is 5.32 Å². The van der Waals surface area contributed by atoms with Gasteiger partial charge in [0.1, 0.15) is 13.0 Å². The molecule has 2 aliphatic heterocycles. The van der Waals surface area contributed by atoms with Crippen molar-refractivity contribution in [2.75, 3.05) is 27.6 Å². The summed E-state index contributed by atoms with van der Waals surface area (Å²) in [6.07, 6.45) is -3.10. The van der Waals surface area contributed by atoms with Crippen LogP contribution in [0.25, 0.3) is 0 Å². The van der Waals surface area contributed by atoms with Crippen molar-refractivity contribution in [1.29, 1.82) is 0 Å². The quantitative estimate of drug-likeness (QED) is 0.358. The van der Waals surface area contributed by atoms with E-state index in [0.717, 1.165) is 5.57 Å². The highest BCUT2D eigenvalue weighted by Gasteiger charge is 2.56.